The Labute approximate surface area is 129 Å². The van der Waals surface area contributed by atoms with Crippen LogP contribution in [0.15, 0.2) is 42.7 Å². The van der Waals surface area contributed by atoms with E-state index in [9.17, 15) is 4.79 Å². The Hall–Kier alpha value is -2.81. The Balaban J connectivity index is 1.90. The zero-order chi connectivity index (χ0) is 15.9. The molecule has 0 saturated heterocycles. The maximum absolute atomic E-state index is 12.1. The van der Waals surface area contributed by atoms with Gasteiger partial charge in [0.15, 0.2) is 6.10 Å². The van der Waals surface area contributed by atoms with E-state index in [0.29, 0.717) is 17.9 Å². The lowest BCUT2D eigenvalue weighted by atomic mass is 10.2. The van der Waals surface area contributed by atoms with Crippen molar-refractivity contribution in [3.63, 3.8) is 0 Å². The molecular weight excluding hydrogens is 280 g/mol. The first-order valence-corrected chi connectivity index (χ1v) is 7.03. The number of rotatable bonds is 6. The fraction of sp³-hybridized carbons (Fsp3) is 0.312. The van der Waals surface area contributed by atoms with E-state index in [2.05, 4.69) is 10.4 Å². The van der Waals surface area contributed by atoms with Crippen molar-refractivity contribution in [1.82, 2.24) is 15.1 Å². The second-order valence-electron chi connectivity index (χ2n) is 5.01. The van der Waals surface area contributed by atoms with Crippen LogP contribution in [0.2, 0.25) is 0 Å². The SMILES string of the molecule is C[C@H](Oc1ccccc1C#N)C(=O)N[C@@H](C)Cn1cccn1. The lowest BCUT2D eigenvalue weighted by molar-refractivity contribution is -0.128. The molecule has 0 aliphatic heterocycles. The fourth-order valence-electron chi connectivity index (χ4n) is 2.00. The van der Waals surface area contributed by atoms with Crippen LogP contribution in [0.3, 0.4) is 0 Å². The van der Waals surface area contributed by atoms with Gasteiger partial charge in [0.05, 0.1) is 12.1 Å². The molecule has 1 amide bonds. The molecule has 2 rings (SSSR count). The third kappa shape index (κ3) is 4.09. The largest absolute Gasteiger partial charge is 0.480 e. The number of nitrogens with zero attached hydrogens (tertiary/aromatic N) is 3. The Morgan fingerprint density at radius 2 is 2.18 bits per heavy atom. The second kappa shape index (κ2) is 7.27. The van der Waals surface area contributed by atoms with Gasteiger partial charge in [-0.3, -0.25) is 9.48 Å². The first kappa shape index (κ1) is 15.6. The molecule has 0 aliphatic carbocycles. The number of carbonyl (C=O) groups excluding carboxylic acids is 1. The average Bonchev–Trinajstić information content (AvgIpc) is 3.00. The second-order valence-corrected chi connectivity index (χ2v) is 5.01. The van der Waals surface area contributed by atoms with Crippen LogP contribution in [0.1, 0.15) is 19.4 Å². The van der Waals surface area contributed by atoms with Crippen LogP contribution < -0.4 is 10.1 Å². The first-order valence-electron chi connectivity index (χ1n) is 7.03. The van der Waals surface area contributed by atoms with E-state index in [1.165, 1.54) is 0 Å². The summed E-state index contributed by atoms with van der Waals surface area (Å²) in [6, 6.07) is 10.6. The van der Waals surface area contributed by atoms with Crippen LogP contribution in [-0.4, -0.2) is 27.8 Å². The van der Waals surface area contributed by atoms with Gasteiger partial charge in [-0.1, -0.05) is 12.1 Å². The molecule has 22 heavy (non-hydrogen) atoms. The van der Waals surface area contributed by atoms with Crippen molar-refractivity contribution in [2.24, 2.45) is 0 Å². The highest BCUT2D eigenvalue weighted by atomic mass is 16.5. The summed E-state index contributed by atoms with van der Waals surface area (Å²) in [4.78, 5) is 12.1. The quantitative estimate of drug-likeness (QED) is 0.880. The van der Waals surface area contributed by atoms with Crippen molar-refractivity contribution in [1.29, 1.82) is 5.26 Å². The van der Waals surface area contributed by atoms with Gasteiger partial charge in [0.1, 0.15) is 11.8 Å². The minimum absolute atomic E-state index is 0.0790. The van der Waals surface area contributed by atoms with Gasteiger partial charge < -0.3 is 10.1 Å². The molecule has 1 N–H and O–H groups in total. The van der Waals surface area contributed by atoms with Crippen molar-refractivity contribution in [2.75, 3.05) is 0 Å². The van der Waals surface area contributed by atoms with Crippen molar-refractivity contribution >= 4 is 5.91 Å². The number of carbonyl (C=O) groups is 1. The van der Waals surface area contributed by atoms with Crippen LogP contribution >= 0.6 is 0 Å². The fourth-order valence-corrected chi connectivity index (χ4v) is 2.00. The number of benzene rings is 1. The maximum atomic E-state index is 12.1. The molecule has 1 heterocycles. The number of aromatic nitrogens is 2. The van der Waals surface area contributed by atoms with Gasteiger partial charge in [0.25, 0.3) is 5.91 Å². The number of nitrogens with one attached hydrogen (secondary N) is 1. The van der Waals surface area contributed by atoms with Gasteiger partial charge >= 0.3 is 0 Å². The molecule has 0 spiro atoms. The Kier molecular flexibility index (Phi) is 5.15. The van der Waals surface area contributed by atoms with Gasteiger partial charge in [-0.2, -0.15) is 10.4 Å². The number of hydrogen-bond donors (Lipinski definition) is 1. The first-order chi connectivity index (χ1) is 10.6. The van der Waals surface area contributed by atoms with Crippen LogP contribution in [-0.2, 0) is 11.3 Å². The van der Waals surface area contributed by atoms with Gasteiger partial charge in [0.2, 0.25) is 0 Å². The normalized spacial score (nSPS) is 13.0. The molecule has 0 aliphatic rings. The predicted octanol–water partition coefficient (Wildman–Crippen LogP) is 1.73. The molecule has 2 aromatic rings. The Morgan fingerprint density at radius 1 is 1.41 bits per heavy atom. The van der Waals surface area contributed by atoms with Gasteiger partial charge in [0, 0.05) is 18.4 Å². The third-order valence-electron chi connectivity index (χ3n) is 3.09. The number of nitriles is 1. The number of hydrogen-bond acceptors (Lipinski definition) is 4. The standard InChI is InChI=1S/C16H18N4O2/c1-12(11-20-9-5-8-18-20)19-16(21)13(2)22-15-7-4-3-6-14(15)10-17/h3-9,12-13H,11H2,1-2H3,(H,19,21)/t12-,13-/m0/s1. The molecule has 0 radical (unpaired) electrons. The number of ether oxygens (including phenoxy) is 1. The molecule has 114 valence electrons. The minimum atomic E-state index is -0.686. The van der Waals surface area contributed by atoms with Gasteiger partial charge in [-0.05, 0) is 32.0 Å². The smallest absolute Gasteiger partial charge is 0.261 e. The zero-order valence-corrected chi connectivity index (χ0v) is 12.6. The van der Waals surface area contributed by atoms with Crippen molar-refractivity contribution in [2.45, 2.75) is 32.5 Å². The summed E-state index contributed by atoms with van der Waals surface area (Å²) in [5.74, 6) is 0.180. The predicted molar refractivity (Wildman–Crippen MR) is 81.1 cm³/mol. The monoisotopic (exact) mass is 298 g/mol. The van der Waals surface area contributed by atoms with E-state index < -0.39 is 6.10 Å². The summed E-state index contributed by atoms with van der Waals surface area (Å²) in [6.45, 7) is 4.14. The lowest BCUT2D eigenvalue weighted by Gasteiger charge is -2.19. The Morgan fingerprint density at radius 3 is 2.86 bits per heavy atom. The molecule has 0 fully saturated rings. The number of amides is 1. The summed E-state index contributed by atoms with van der Waals surface area (Å²) in [5.41, 5.74) is 0.409. The van der Waals surface area contributed by atoms with Gasteiger partial charge in [-0.15, -0.1) is 0 Å². The van der Waals surface area contributed by atoms with Crippen molar-refractivity contribution in [3.8, 4) is 11.8 Å². The highest BCUT2D eigenvalue weighted by Gasteiger charge is 2.18. The average molecular weight is 298 g/mol. The van der Waals surface area contributed by atoms with Gasteiger partial charge in [-0.25, -0.2) is 0 Å². The van der Waals surface area contributed by atoms with Crippen LogP contribution in [0, 0.1) is 11.3 Å². The molecule has 2 atom stereocenters. The topological polar surface area (TPSA) is 79.9 Å². The van der Waals surface area contributed by atoms with E-state index in [1.54, 1.807) is 42.1 Å². The highest BCUT2D eigenvalue weighted by Crippen LogP contribution is 2.18. The van der Waals surface area contributed by atoms with E-state index in [0.717, 1.165) is 0 Å². The maximum Gasteiger partial charge on any atom is 0.261 e. The highest BCUT2D eigenvalue weighted by molar-refractivity contribution is 5.81. The molecular formula is C16H18N4O2. The van der Waals surface area contributed by atoms with E-state index >= 15 is 0 Å². The van der Waals surface area contributed by atoms with Crippen molar-refractivity contribution in [3.05, 3.63) is 48.3 Å². The van der Waals surface area contributed by atoms with Crippen molar-refractivity contribution < 1.29 is 9.53 Å². The molecule has 1 aromatic carbocycles. The zero-order valence-electron chi connectivity index (χ0n) is 12.6. The van der Waals surface area contributed by atoms with E-state index in [-0.39, 0.29) is 11.9 Å². The molecule has 0 bridgehead atoms. The molecule has 6 nitrogen and oxygen atoms in total. The van der Waals surface area contributed by atoms with Crippen LogP contribution in [0.4, 0.5) is 0 Å². The summed E-state index contributed by atoms with van der Waals surface area (Å²) in [7, 11) is 0. The molecule has 0 unspecified atom stereocenters. The summed E-state index contributed by atoms with van der Waals surface area (Å²) >= 11 is 0. The van der Waals surface area contributed by atoms with E-state index in [4.69, 9.17) is 10.00 Å². The molecule has 6 heteroatoms. The minimum Gasteiger partial charge on any atom is -0.480 e. The summed E-state index contributed by atoms with van der Waals surface area (Å²) < 4.78 is 7.33. The molecule has 1 aromatic heterocycles. The summed E-state index contributed by atoms with van der Waals surface area (Å²) in [5, 5.41) is 16.0. The van der Waals surface area contributed by atoms with Crippen LogP contribution in [0.25, 0.3) is 0 Å². The van der Waals surface area contributed by atoms with Crippen LogP contribution in [0.5, 0.6) is 5.75 Å². The lowest BCUT2D eigenvalue weighted by Crippen LogP contribution is -2.43. The summed E-state index contributed by atoms with van der Waals surface area (Å²) in [6.07, 6.45) is 2.85. The van der Waals surface area contributed by atoms with E-state index in [1.807, 2.05) is 25.3 Å². The Bertz CT molecular complexity index is 661. The molecule has 0 saturated carbocycles. The number of para-hydroxylation sites is 1. The third-order valence-corrected chi connectivity index (χ3v) is 3.09.